The van der Waals surface area contributed by atoms with E-state index in [-0.39, 0.29) is 5.15 Å². The number of hydrogen-bond donors (Lipinski definition) is 0. The highest BCUT2D eigenvalue weighted by Gasteiger charge is 2.20. The van der Waals surface area contributed by atoms with Crippen molar-refractivity contribution in [2.24, 2.45) is 0 Å². The quantitative estimate of drug-likeness (QED) is 0.597. The number of likely N-dealkylation sites (N-methyl/N-ethyl adjacent to an activating group) is 1. The second-order valence-electron chi connectivity index (χ2n) is 3.94. The molecular weight excluding hydrogens is 240 g/mol. The predicted molar refractivity (Wildman–Crippen MR) is 66.8 cm³/mol. The van der Waals surface area contributed by atoms with Gasteiger partial charge in [-0.15, -0.1) is 0 Å². The van der Waals surface area contributed by atoms with Crippen LogP contribution in [0.4, 0.5) is 5.82 Å². The predicted octanol–water partition coefficient (Wildman–Crippen LogP) is 1.08. The normalized spacial score (nSPS) is 17.2. The Kier molecular flexibility index (Phi) is 3.91. The molecule has 5 nitrogen and oxygen atoms in total. The molecule has 0 atom stereocenters. The van der Waals surface area contributed by atoms with Crippen LogP contribution in [0.3, 0.4) is 0 Å². The highest BCUT2D eigenvalue weighted by atomic mass is 35.5. The number of halogens is 1. The second-order valence-corrected chi connectivity index (χ2v) is 4.30. The lowest BCUT2D eigenvalue weighted by molar-refractivity contribution is 0.112. The van der Waals surface area contributed by atoms with E-state index in [9.17, 15) is 4.79 Å². The van der Waals surface area contributed by atoms with E-state index in [4.69, 9.17) is 11.6 Å². The molecule has 0 bridgehead atoms. The Balaban J connectivity index is 2.18. The SMILES string of the molecule is CCN1CCN(c2ncnc(Cl)c2C=O)CC1. The van der Waals surface area contributed by atoms with E-state index in [1.807, 2.05) is 0 Å². The Labute approximate surface area is 105 Å². The molecule has 1 aromatic heterocycles. The van der Waals surface area contributed by atoms with Crippen LogP contribution in [0.5, 0.6) is 0 Å². The van der Waals surface area contributed by atoms with E-state index >= 15 is 0 Å². The summed E-state index contributed by atoms with van der Waals surface area (Å²) in [6.45, 7) is 6.89. The molecule has 2 rings (SSSR count). The van der Waals surface area contributed by atoms with Gasteiger partial charge < -0.3 is 9.80 Å². The van der Waals surface area contributed by atoms with Gasteiger partial charge in [0.1, 0.15) is 17.3 Å². The molecular formula is C11H15ClN4O. The summed E-state index contributed by atoms with van der Waals surface area (Å²) in [4.78, 5) is 23.4. The van der Waals surface area contributed by atoms with Crippen molar-refractivity contribution in [2.75, 3.05) is 37.6 Å². The standard InChI is InChI=1S/C11H15ClN4O/c1-2-15-3-5-16(6-4-15)11-9(7-17)10(12)13-8-14-11/h7-8H,2-6H2,1H3. The Hall–Kier alpha value is -1.20. The zero-order valence-corrected chi connectivity index (χ0v) is 10.5. The van der Waals surface area contributed by atoms with E-state index in [0.29, 0.717) is 11.4 Å². The van der Waals surface area contributed by atoms with E-state index in [1.165, 1.54) is 6.33 Å². The monoisotopic (exact) mass is 254 g/mol. The molecule has 6 heteroatoms. The van der Waals surface area contributed by atoms with Crippen LogP contribution in [0.15, 0.2) is 6.33 Å². The minimum atomic E-state index is 0.225. The highest BCUT2D eigenvalue weighted by molar-refractivity contribution is 6.32. The first-order valence-electron chi connectivity index (χ1n) is 5.69. The van der Waals surface area contributed by atoms with Gasteiger partial charge in [-0.05, 0) is 6.54 Å². The van der Waals surface area contributed by atoms with Crippen LogP contribution in [-0.4, -0.2) is 53.9 Å². The zero-order valence-electron chi connectivity index (χ0n) is 9.77. The average molecular weight is 255 g/mol. The van der Waals surface area contributed by atoms with Gasteiger partial charge in [0.2, 0.25) is 0 Å². The molecule has 0 aliphatic carbocycles. The Morgan fingerprint density at radius 2 is 2.06 bits per heavy atom. The first-order valence-corrected chi connectivity index (χ1v) is 6.07. The molecule has 1 aliphatic heterocycles. The number of aromatic nitrogens is 2. The molecule has 1 fully saturated rings. The lowest BCUT2D eigenvalue weighted by Gasteiger charge is -2.35. The third kappa shape index (κ3) is 2.56. The maximum Gasteiger partial charge on any atom is 0.156 e. The minimum Gasteiger partial charge on any atom is -0.353 e. The molecule has 2 heterocycles. The van der Waals surface area contributed by atoms with Crippen molar-refractivity contribution in [3.63, 3.8) is 0 Å². The lowest BCUT2D eigenvalue weighted by Crippen LogP contribution is -2.46. The smallest absolute Gasteiger partial charge is 0.156 e. The van der Waals surface area contributed by atoms with Gasteiger partial charge in [0, 0.05) is 26.2 Å². The maximum absolute atomic E-state index is 11.0. The fraction of sp³-hybridized carbons (Fsp3) is 0.545. The summed E-state index contributed by atoms with van der Waals surface area (Å²) in [7, 11) is 0. The Morgan fingerprint density at radius 3 is 2.65 bits per heavy atom. The third-order valence-electron chi connectivity index (χ3n) is 3.05. The lowest BCUT2D eigenvalue weighted by atomic mass is 10.2. The molecule has 92 valence electrons. The third-order valence-corrected chi connectivity index (χ3v) is 3.35. The first-order chi connectivity index (χ1) is 8.26. The van der Waals surface area contributed by atoms with Crippen LogP contribution in [0.25, 0.3) is 0 Å². The van der Waals surface area contributed by atoms with Gasteiger partial charge >= 0.3 is 0 Å². The van der Waals surface area contributed by atoms with Crippen molar-refractivity contribution >= 4 is 23.7 Å². The first kappa shape index (κ1) is 12.3. The van der Waals surface area contributed by atoms with Gasteiger partial charge in [-0.2, -0.15) is 0 Å². The second kappa shape index (κ2) is 5.42. The van der Waals surface area contributed by atoms with Gasteiger partial charge in [0.25, 0.3) is 0 Å². The van der Waals surface area contributed by atoms with Crippen molar-refractivity contribution in [1.82, 2.24) is 14.9 Å². The average Bonchev–Trinajstić information content (AvgIpc) is 2.38. The van der Waals surface area contributed by atoms with Gasteiger partial charge in [0.15, 0.2) is 6.29 Å². The summed E-state index contributed by atoms with van der Waals surface area (Å²) in [5, 5.41) is 0.225. The van der Waals surface area contributed by atoms with Gasteiger partial charge in [-0.3, -0.25) is 4.79 Å². The molecule has 17 heavy (non-hydrogen) atoms. The largest absolute Gasteiger partial charge is 0.353 e. The fourth-order valence-corrected chi connectivity index (χ4v) is 2.17. The zero-order chi connectivity index (χ0) is 12.3. The summed E-state index contributed by atoms with van der Waals surface area (Å²) >= 11 is 5.89. The van der Waals surface area contributed by atoms with Crippen molar-refractivity contribution in [3.05, 3.63) is 17.0 Å². The number of hydrogen-bond acceptors (Lipinski definition) is 5. The molecule has 0 saturated carbocycles. The van der Waals surface area contributed by atoms with E-state index in [0.717, 1.165) is 39.0 Å². The van der Waals surface area contributed by atoms with Crippen molar-refractivity contribution < 1.29 is 4.79 Å². The van der Waals surface area contributed by atoms with E-state index in [1.54, 1.807) is 0 Å². The summed E-state index contributed by atoms with van der Waals surface area (Å²) in [6, 6.07) is 0. The summed E-state index contributed by atoms with van der Waals surface area (Å²) in [6.07, 6.45) is 2.13. The topological polar surface area (TPSA) is 49.3 Å². The van der Waals surface area contributed by atoms with Crippen LogP contribution in [0.1, 0.15) is 17.3 Å². The summed E-state index contributed by atoms with van der Waals surface area (Å²) in [5.41, 5.74) is 0.388. The molecule has 0 N–H and O–H groups in total. The molecule has 0 amide bonds. The summed E-state index contributed by atoms with van der Waals surface area (Å²) in [5.74, 6) is 0.649. The molecule has 0 unspecified atom stereocenters. The molecule has 1 aliphatic rings. The van der Waals surface area contributed by atoms with Crippen LogP contribution >= 0.6 is 11.6 Å². The molecule has 1 aromatic rings. The van der Waals surface area contributed by atoms with Crippen LogP contribution < -0.4 is 4.90 Å². The highest BCUT2D eigenvalue weighted by Crippen LogP contribution is 2.22. The number of carbonyl (C=O) groups excluding carboxylic acids is 1. The van der Waals surface area contributed by atoms with Crippen LogP contribution in [-0.2, 0) is 0 Å². The number of piperazine rings is 1. The van der Waals surface area contributed by atoms with Crippen molar-refractivity contribution in [2.45, 2.75) is 6.92 Å². The Bertz CT molecular complexity index is 404. The van der Waals surface area contributed by atoms with E-state index in [2.05, 4.69) is 26.7 Å². The molecule has 0 aromatic carbocycles. The van der Waals surface area contributed by atoms with Crippen LogP contribution in [0, 0.1) is 0 Å². The van der Waals surface area contributed by atoms with E-state index < -0.39 is 0 Å². The Morgan fingerprint density at radius 1 is 1.35 bits per heavy atom. The molecule has 0 radical (unpaired) electrons. The number of anilines is 1. The maximum atomic E-state index is 11.0. The van der Waals surface area contributed by atoms with Crippen molar-refractivity contribution in [1.29, 1.82) is 0 Å². The molecule has 0 spiro atoms. The van der Waals surface area contributed by atoms with Gasteiger partial charge in [-0.25, -0.2) is 9.97 Å². The minimum absolute atomic E-state index is 0.225. The number of aldehydes is 1. The number of nitrogens with zero attached hydrogens (tertiary/aromatic N) is 4. The molecule has 1 saturated heterocycles. The van der Waals surface area contributed by atoms with Gasteiger partial charge in [0.05, 0.1) is 5.56 Å². The summed E-state index contributed by atoms with van der Waals surface area (Å²) < 4.78 is 0. The number of rotatable bonds is 3. The fourth-order valence-electron chi connectivity index (χ4n) is 1.99. The van der Waals surface area contributed by atoms with Crippen LogP contribution in [0.2, 0.25) is 5.15 Å². The number of carbonyl (C=O) groups is 1. The van der Waals surface area contributed by atoms with Crippen molar-refractivity contribution in [3.8, 4) is 0 Å². The van der Waals surface area contributed by atoms with Gasteiger partial charge in [-0.1, -0.05) is 18.5 Å².